The van der Waals surface area contributed by atoms with E-state index in [0.717, 1.165) is 35.6 Å². The SMILES string of the molecule is N#Cc1c(NCN2C(=O)c3ccccc3S2(=O)=O)sc2c1CCCC2. The predicted octanol–water partition coefficient (Wildman–Crippen LogP) is 2.71. The van der Waals surface area contributed by atoms with Crippen LogP contribution in [0, 0.1) is 11.3 Å². The lowest BCUT2D eigenvalue weighted by molar-refractivity contribution is 0.0877. The van der Waals surface area contributed by atoms with Gasteiger partial charge in [-0.3, -0.25) is 4.79 Å². The van der Waals surface area contributed by atoms with Gasteiger partial charge in [0.05, 0.1) is 11.1 Å². The molecule has 0 saturated carbocycles. The van der Waals surface area contributed by atoms with Crippen molar-refractivity contribution in [1.29, 1.82) is 5.26 Å². The van der Waals surface area contributed by atoms with Gasteiger partial charge in [-0.05, 0) is 43.4 Å². The van der Waals surface area contributed by atoms with Crippen LogP contribution < -0.4 is 5.32 Å². The molecule has 8 heteroatoms. The average molecular weight is 373 g/mol. The summed E-state index contributed by atoms with van der Waals surface area (Å²) in [6.45, 7) is -0.177. The molecule has 0 radical (unpaired) electrons. The molecule has 2 aromatic rings. The first kappa shape index (κ1) is 16.1. The molecule has 1 aliphatic carbocycles. The van der Waals surface area contributed by atoms with E-state index in [9.17, 15) is 18.5 Å². The molecule has 0 atom stereocenters. The fourth-order valence-corrected chi connectivity index (χ4v) is 6.04. The molecular formula is C17H15N3O3S2. The molecule has 128 valence electrons. The minimum absolute atomic E-state index is 0.0350. The molecule has 0 saturated heterocycles. The van der Waals surface area contributed by atoms with E-state index < -0.39 is 15.9 Å². The lowest BCUT2D eigenvalue weighted by Crippen LogP contribution is -2.34. The van der Waals surface area contributed by atoms with Crippen LogP contribution in [0.25, 0.3) is 0 Å². The first-order valence-electron chi connectivity index (χ1n) is 7.98. The maximum Gasteiger partial charge on any atom is 0.270 e. The number of thiophene rings is 1. The Balaban J connectivity index is 1.62. The topological polar surface area (TPSA) is 90.3 Å². The second kappa shape index (κ2) is 5.86. The summed E-state index contributed by atoms with van der Waals surface area (Å²) in [6.07, 6.45) is 3.99. The number of rotatable bonds is 3. The van der Waals surface area contributed by atoms with Crippen LogP contribution in [0.4, 0.5) is 5.00 Å². The number of aryl methyl sites for hydroxylation is 1. The number of fused-ring (bicyclic) bond motifs is 2. The van der Waals surface area contributed by atoms with E-state index in [2.05, 4.69) is 11.4 Å². The molecule has 0 bridgehead atoms. The van der Waals surface area contributed by atoms with Crippen molar-refractivity contribution in [2.75, 3.05) is 12.0 Å². The summed E-state index contributed by atoms with van der Waals surface area (Å²) in [4.78, 5) is 13.6. The summed E-state index contributed by atoms with van der Waals surface area (Å²) >= 11 is 1.49. The summed E-state index contributed by atoms with van der Waals surface area (Å²) in [5.41, 5.74) is 1.84. The molecule has 2 heterocycles. The van der Waals surface area contributed by atoms with Gasteiger partial charge in [-0.2, -0.15) is 5.26 Å². The fraction of sp³-hybridized carbons (Fsp3) is 0.294. The van der Waals surface area contributed by atoms with E-state index in [-0.39, 0.29) is 17.1 Å². The summed E-state index contributed by atoms with van der Waals surface area (Å²) in [5.74, 6) is -0.539. The monoisotopic (exact) mass is 373 g/mol. The number of anilines is 1. The molecule has 25 heavy (non-hydrogen) atoms. The second-order valence-electron chi connectivity index (χ2n) is 6.02. The summed E-state index contributed by atoms with van der Waals surface area (Å²) < 4.78 is 26.0. The minimum atomic E-state index is -3.84. The van der Waals surface area contributed by atoms with Crippen LogP contribution in [0.3, 0.4) is 0 Å². The summed E-state index contributed by atoms with van der Waals surface area (Å²) in [5, 5.41) is 13.1. The average Bonchev–Trinajstić information content (AvgIpc) is 3.07. The molecule has 0 spiro atoms. The van der Waals surface area contributed by atoms with Gasteiger partial charge in [0.1, 0.15) is 22.6 Å². The van der Waals surface area contributed by atoms with Crippen molar-refractivity contribution in [3.8, 4) is 6.07 Å². The minimum Gasteiger partial charge on any atom is -0.357 e. The van der Waals surface area contributed by atoms with Crippen LogP contribution in [0.15, 0.2) is 29.2 Å². The quantitative estimate of drug-likeness (QED) is 0.893. The third-order valence-electron chi connectivity index (χ3n) is 4.58. The van der Waals surface area contributed by atoms with Crippen molar-refractivity contribution in [2.45, 2.75) is 30.6 Å². The highest BCUT2D eigenvalue weighted by atomic mass is 32.2. The van der Waals surface area contributed by atoms with Gasteiger partial charge >= 0.3 is 0 Å². The molecule has 2 aliphatic rings. The van der Waals surface area contributed by atoms with Crippen molar-refractivity contribution in [1.82, 2.24) is 4.31 Å². The van der Waals surface area contributed by atoms with E-state index in [1.165, 1.54) is 28.3 Å². The highest BCUT2D eigenvalue weighted by Crippen LogP contribution is 2.38. The van der Waals surface area contributed by atoms with Gasteiger partial charge in [-0.25, -0.2) is 12.7 Å². The van der Waals surface area contributed by atoms with E-state index in [1.807, 2.05) is 0 Å². The van der Waals surface area contributed by atoms with Crippen LogP contribution in [-0.4, -0.2) is 25.3 Å². The Morgan fingerprint density at radius 3 is 2.76 bits per heavy atom. The molecule has 1 aromatic carbocycles. The highest BCUT2D eigenvalue weighted by Gasteiger charge is 2.40. The molecule has 1 amide bonds. The number of hydrogen-bond acceptors (Lipinski definition) is 6. The molecule has 6 nitrogen and oxygen atoms in total. The summed E-state index contributed by atoms with van der Waals surface area (Å²) in [7, 11) is -3.84. The van der Waals surface area contributed by atoms with Gasteiger partial charge in [0, 0.05) is 4.88 Å². The predicted molar refractivity (Wildman–Crippen MR) is 94.0 cm³/mol. The van der Waals surface area contributed by atoms with Gasteiger partial charge in [-0.1, -0.05) is 12.1 Å². The number of benzene rings is 1. The van der Waals surface area contributed by atoms with E-state index >= 15 is 0 Å². The number of nitriles is 1. The standard InChI is InChI=1S/C17H15N3O3S2/c18-9-13-11-5-1-3-7-14(11)24-16(13)19-10-20-17(21)12-6-2-4-8-15(12)25(20,22)23/h2,4,6,8,19H,1,3,5,7,10H2. The van der Waals surface area contributed by atoms with E-state index in [1.54, 1.807) is 12.1 Å². The lowest BCUT2D eigenvalue weighted by atomic mass is 9.96. The number of nitrogens with zero attached hydrogens (tertiary/aromatic N) is 2. The highest BCUT2D eigenvalue weighted by molar-refractivity contribution is 7.90. The number of nitrogens with one attached hydrogen (secondary N) is 1. The van der Waals surface area contributed by atoms with Crippen LogP contribution >= 0.6 is 11.3 Å². The second-order valence-corrected chi connectivity index (χ2v) is 8.95. The number of carbonyl (C=O) groups excluding carboxylic acids is 1. The van der Waals surface area contributed by atoms with Gasteiger partial charge in [0.2, 0.25) is 0 Å². The van der Waals surface area contributed by atoms with Gasteiger partial charge in [0.25, 0.3) is 15.9 Å². The molecule has 1 aliphatic heterocycles. The zero-order valence-electron chi connectivity index (χ0n) is 13.3. The molecule has 0 fully saturated rings. The lowest BCUT2D eigenvalue weighted by Gasteiger charge is -2.16. The van der Waals surface area contributed by atoms with Crippen molar-refractivity contribution < 1.29 is 13.2 Å². The summed E-state index contributed by atoms with van der Waals surface area (Å²) in [6, 6.07) is 8.42. The van der Waals surface area contributed by atoms with E-state index in [4.69, 9.17) is 0 Å². The first-order valence-corrected chi connectivity index (χ1v) is 10.2. The fourth-order valence-electron chi connectivity index (χ4n) is 3.34. The van der Waals surface area contributed by atoms with E-state index in [0.29, 0.717) is 10.6 Å². The van der Waals surface area contributed by atoms with Crippen molar-refractivity contribution in [2.24, 2.45) is 0 Å². The zero-order valence-corrected chi connectivity index (χ0v) is 14.9. The number of sulfonamides is 1. The third kappa shape index (κ3) is 2.42. The smallest absolute Gasteiger partial charge is 0.270 e. The van der Waals surface area contributed by atoms with Crippen molar-refractivity contribution in [3.63, 3.8) is 0 Å². The van der Waals surface area contributed by atoms with Crippen molar-refractivity contribution in [3.05, 3.63) is 45.8 Å². The number of amides is 1. The molecule has 1 aromatic heterocycles. The number of carbonyl (C=O) groups is 1. The Labute approximate surface area is 149 Å². The van der Waals surface area contributed by atoms with Crippen LogP contribution in [0.5, 0.6) is 0 Å². The Bertz CT molecular complexity index is 1020. The van der Waals surface area contributed by atoms with Crippen LogP contribution in [0.2, 0.25) is 0 Å². The molecular weight excluding hydrogens is 358 g/mol. The Morgan fingerprint density at radius 1 is 1.24 bits per heavy atom. The zero-order chi connectivity index (χ0) is 17.6. The largest absolute Gasteiger partial charge is 0.357 e. The Kier molecular flexibility index (Phi) is 3.78. The van der Waals surface area contributed by atoms with Gasteiger partial charge in [0.15, 0.2) is 0 Å². The Morgan fingerprint density at radius 2 is 2.00 bits per heavy atom. The molecule has 0 unspecified atom stereocenters. The van der Waals surface area contributed by atoms with Gasteiger partial charge in [-0.15, -0.1) is 11.3 Å². The Hall–Kier alpha value is -2.37. The maximum absolute atomic E-state index is 12.6. The molecule has 4 rings (SSSR count). The third-order valence-corrected chi connectivity index (χ3v) is 7.61. The van der Waals surface area contributed by atoms with Crippen LogP contribution in [0.1, 0.15) is 39.2 Å². The van der Waals surface area contributed by atoms with Crippen LogP contribution in [-0.2, 0) is 22.9 Å². The number of hydrogen-bond donors (Lipinski definition) is 1. The first-order chi connectivity index (χ1) is 12.0. The van der Waals surface area contributed by atoms with Crippen molar-refractivity contribution >= 4 is 32.3 Å². The maximum atomic E-state index is 12.6. The van der Waals surface area contributed by atoms with Gasteiger partial charge < -0.3 is 5.32 Å². The molecule has 1 N–H and O–H groups in total. The normalized spacial score (nSPS) is 17.7.